The number of benzene rings is 1. The topological polar surface area (TPSA) is 137 Å². The summed E-state index contributed by atoms with van der Waals surface area (Å²) >= 11 is 0. The van der Waals surface area contributed by atoms with Gasteiger partial charge in [0.05, 0.1) is 23.5 Å². The Kier molecular flexibility index (Phi) is 8.59. The number of cyclic esters (lactones) is 1. The normalized spacial score (nSPS) is 18.9. The summed E-state index contributed by atoms with van der Waals surface area (Å²) in [6.07, 6.45) is 2.95. The van der Waals surface area contributed by atoms with Gasteiger partial charge in [-0.1, -0.05) is 29.4 Å². The molecule has 11 nitrogen and oxygen atoms in total. The van der Waals surface area contributed by atoms with E-state index in [1.54, 1.807) is 24.1 Å². The molecule has 3 aromatic rings. The van der Waals surface area contributed by atoms with E-state index >= 15 is 0 Å². The summed E-state index contributed by atoms with van der Waals surface area (Å²) in [6, 6.07) is 15.6. The lowest BCUT2D eigenvalue weighted by Crippen LogP contribution is -2.39. The average molecular weight is 596 g/mol. The number of carbonyl (C=O) groups excluding carboxylic acids is 1. The molecule has 0 bridgehead atoms. The minimum atomic E-state index is -0.456. The van der Waals surface area contributed by atoms with Gasteiger partial charge in [-0.25, -0.2) is 9.78 Å². The van der Waals surface area contributed by atoms with E-state index in [1.807, 2.05) is 57.0 Å². The molecule has 1 aromatic carbocycles. The molecule has 5 rings (SSSR count). The van der Waals surface area contributed by atoms with Gasteiger partial charge in [-0.3, -0.25) is 4.79 Å². The molecular weight excluding hydrogens is 558 g/mol. The van der Waals surface area contributed by atoms with Crippen LogP contribution in [0.25, 0.3) is 11.0 Å². The number of anilines is 1. The zero-order valence-corrected chi connectivity index (χ0v) is 25.8. The van der Waals surface area contributed by atoms with Crippen LogP contribution in [-0.4, -0.2) is 58.1 Å². The van der Waals surface area contributed by atoms with E-state index in [2.05, 4.69) is 22.3 Å². The molecule has 0 atom stereocenters. The number of pyridine rings is 2. The molecule has 2 fully saturated rings. The number of hydrogen-bond donors (Lipinski definition) is 0. The second kappa shape index (κ2) is 12.4. The SMILES string of the molecule is CN(c1c(C#N)c(=O)n(C)c2ccc(C#N)nc12)C1CCC(/C(=N\OC(C)(C)C)c2ccc(CN3CCOC3=O)cc2)CC1. The van der Waals surface area contributed by atoms with Crippen LogP contribution in [0, 0.1) is 28.6 Å². The van der Waals surface area contributed by atoms with E-state index in [4.69, 9.17) is 9.57 Å². The fourth-order valence-electron chi connectivity index (χ4n) is 5.94. The first-order valence-electron chi connectivity index (χ1n) is 14.8. The van der Waals surface area contributed by atoms with Crippen LogP contribution in [0.4, 0.5) is 10.5 Å². The van der Waals surface area contributed by atoms with Crippen molar-refractivity contribution in [3.63, 3.8) is 0 Å². The van der Waals surface area contributed by atoms with E-state index in [1.165, 1.54) is 4.57 Å². The number of aryl methyl sites for hydroxylation is 1. The number of oxime groups is 1. The molecule has 3 heterocycles. The molecular formula is C33H37N7O4. The Balaban J connectivity index is 1.39. The number of ether oxygens (including phenoxy) is 1. The lowest BCUT2D eigenvalue weighted by atomic mass is 9.80. The van der Waals surface area contributed by atoms with Gasteiger partial charge in [-0.15, -0.1) is 0 Å². The minimum absolute atomic E-state index is 0.0234. The van der Waals surface area contributed by atoms with Gasteiger partial charge >= 0.3 is 6.09 Å². The Morgan fingerprint density at radius 1 is 1.09 bits per heavy atom. The molecule has 2 aliphatic rings. The predicted molar refractivity (Wildman–Crippen MR) is 166 cm³/mol. The maximum absolute atomic E-state index is 13.1. The monoisotopic (exact) mass is 595 g/mol. The molecule has 0 N–H and O–H groups in total. The molecule has 1 amide bonds. The van der Waals surface area contributed by atoms with E-state index in [-0.39, 0.29) is 34.9 Å². The van der Waals surface area contributed by atoms with Crippen LogP contribution in [0.2, 0.25) is 0 Å². The van der Waals surface area contributed by atoms with Crippen LogP contribution < -0.4 is 10.5 Å². The van der Waals surface area contributed by atoms with Crippen molar-refractivity contribution in [2.24, 2.45) is 18.1 Å². The number of nitrogens with zero attached hydrogens (tertiary/aromatic N) is 7. The summed E-state index contributed by atoms with van der Waals surface area (Å²) < 4.78 is 6.46. The van der Waals surface area contributed by atoms with Gasteiger partial charge < -0.3 is 23.9 Å². The number of amides is 1. The number of nitriles is 2. The van der Waals surface area contributed by atoms with Crippen molar-refractivity contribution >= 4 is 28.5 Å². The van der Waals surface area contributed by atoms with Crippen molar-refractivity contribution in [2.45, 2.75) is 64.6 Å². The summed E-state index contributed by atoms with van der Waals surface area (Å²) in [6.45, 7) is 7.39. The molecule has 44 heavy (non-hydrogen) atoms. The third kappa shape index (κ3) is 6.23. The quantitative estimate of drug-likeness (QED) is 0.279. The maximum Gasteiger partial charge on any atom is 0.410 e. The minimum Gasteiger partial charge on any atom is -0.448 e. The molecule has 1 saturated heterocycles. The van der Waals surface area contributed by atoms with Crippen LogP contribution in [0.3, 0.4) is 0 Å². The van der Waals surface area contributed by atoms with Crippen molar-refractivity contribution in [3.8, 4) is 12.1 Å². The smallest absolute Gasteiger partial charge is 0.410 e. The van der Waals surface area contributed by atoms with Gasteiger partial charge in [-0.2, -0.15) is 10.5 Å². The highest BCUT2D eigenvalue weighted by atomic mass is 16.6. The van der Waals surface area contributed by atoms with Crippen LogP contribution >= 0.6 is 0 Å². The molecule has 0 spiro atoms. The Morgan fingerprint density at radius 3 is 2.39 bits per heavy atom. The van der Waals surface area contributed by atoms with Crippen molar-refractivity contribution in [3.05, 3.63) is 69.1 Å². The lowest BCUT2D eigenvalue weighted by molar-refractivity contribution is -0.0000309. The molecule has 11 heteroatoms. The van der Waals surface area contributed by atoms with E-state index in [0.29, 0.717) is 36.4 Å². The third-order valence-corrected chi connectivity index (χ3v) is 8.31. The van der Waals surface area contributed by atoms with E-state index < -0.39 is 5.60 Å². The molecule has 228 valence electrons. The molecule has 0 unspecified atom stereocenters. The van der Waals surface area contributed by atoms with Crippen molar-refractivity contribution < 1.29 is 14.4 Å². The average Bonchev–Trinajstić information content (AvgIpc) is 3.42. The largest absolute Gasteiger partial charge is 0.448 e. The highest BCUT2D eigenvalue weighted by Crippen LogP contribution is 2.35. The van der Waals surface area contributed by atoms with Crippen LogP contribution in [0.5, 0.6) is 0 Å². The number of fused-ring (bicyclic) bond motifs is 1. The highest BCUT2D eigenvalue weighted by molar-refractivity contribution is 6.02. The number of aromatic nitrogens is 2. The molecule has 1 saturated carbocycles. The first-order valence-corrected chi connectivity index (χ1v) is 14.8. The summed E-state index contributed by atoms with van der Waals surface area (Å²) in [5.74, 6) is 0.139. The Hall–Kier alpha value is -4.90. The van der Waals surface area contributed by atoms with Crippen LogP contribution in [0.15, 0.2) is 46.3 Å². The maximum atomic E-state index is 13.1. The lowest BCUT2D eigenvalue weighted by Gasteiger charge is -2.37. The zero-order valence-electron chi connectivity index (χ0n) is 25.8. The summed E-state index contributed by atoms with van der Waals surface area (Å²) in [5.41, 5.74) is 3.77. The first kappa shape index (κ1) is 30.6. The zero-order chi connectivity index (χ0) is 31.6. The second-order valence-electron chi connectivity index (χ2n) is 12.4. The molecule has 1 aliphatic carbocycles. The van der Waals surface area contributed by atoms with E-state index in [9.17, 15) is 20.1 Å². The van der Waals surface area contributed by atoms with Crippen molar-refractivity contribution in [2.75, 3.05) is 25.1 Å². The predicted octanol–water partition coefficient (Wildman–Crippen LogP) is 4.84. The van der Waals surface area contributed by atoms with Gasteiger partial charge in [0.25, 0.3) is 5.56 Å². The second-order valence-corrected chi connectivity index (χ2v) is 12.4. The first-order chi connectivity index (χ1) is 21.0. The molecule has 2 aromatic heterocycles. The molecule has 1 aliphatic heterocycles. The standard InChI is InChI=1S/C33H37N7O4/c1-33(2,3)44-37-28(22-8-6-21(7-9-22)20-40-16-17-43-32(40)42)23-10-13-25(14-11-23)38(4)30-26(19-35)31(41)39(5)27-15-12-24(18-34)36-29(27)30/h6-9,12,15,23,25H,10-11,13-14,16-17,20H2,1-5H3/b37-28-. The van der Waals surface area contributed by atoms with Crippen molar-refractivity contribution in [1.82, 2.24) is 14.5 Å². The van der Waals surface area contributed by atoms with Gasteiger partial charge in [-0.05, 0) is 69.7 Å². The summed E-state index contributed by atoms with van der Waals surface area (Å²) in [7, 11) is 3.51. The summed E-state index contributed by atoms with van der Waals surface area (Å²) in [4.78, 5) is 39.1. The molecule has 0 radical (unpaired) electrons. The third-order valence-electron chi connectivity index (χ3n) is 8.31. The highest BCUT2D eigenvalue weighted by Gasteiger charge is 2.32. The number of carbonyl (C=O) groups is 1. The van der Waals surface area contributed by atoms with Crippen LogP contribution in [-0.2, 0) is 23.2 Å². The fourth-order valence-corrected chi connectivity index (χ4v) is 5.94. The van der Waals surface area contributed by atoms with Gasteiger partial charge in [0.2, 0.25) is 0 Å². The van der Waals surface area contributed by atoms with E-state index in [0.717, 1.165) is 42.5 Å². The number of hydrogen-bond acceptors (Lipinski definition) is 9. The van der Waals surface area contributed by atoms with Crippen LogP contribution in [0.1, 0.15) is 68.8 Å². The van der Waals surface area contributed by atoms with Crippen molar-refractivity contribution in [1.29, 1.82) is 10.5 Å². The fraction of sp³-hybridized carbons (Fsp3) is 0.455. The van der Waals surface area contributed by atoms with Gasteiger partial charge in [0.15, 0.2) is 0 Å². The Bertz CT molecular complexity index is 1730. The van der Waals surface area contributed by atoms with Gasteiger partial charge in [0, 0.05) is 32.6 Å². The van der Waals surface area contributed by atoms with Gasteiger partial charge in [0.1, 0.15) is 41.1 Å². The number of rotatable bonds is 7. The summed E-state index contributed by atoms with van der Waals surface area (Å²) in [5, 5.41) is 24.1. The Morgan fingerprint density at radius 2 is 1.80 bits per heavy atom. The Labute approximate surface area is 256 Å².